The molecule has 3 aliphatic rings. The Morgan fingerprint density at radius 1 is 1.22 bits per heavy atom. The standard InChI is InChI=1S/C17H24N4O2/c22-16(20-7-1-2-8-20)10-15-14-4-9-21(11-13(14)12-23-15)17-18-5-3-6-19-17/h3,5-6,13-15H,1-2,4,7-12H2/t13-,14-,15-/m1/s1. The highest BCUT2D eigenvalue weighted by Crippen LogP contribution is 2.37. The van der Waals surface area contributed by atoms with Crippen LogP contribution in [0.25, 0.3) is 0 Å². The van der Waals surface area contributed by atoms with Gasteiger partial charge in [-0.05, 0) is 31.2 Å². The fourth-order valence-corrected chi connectivity index (χ4v) is 4.20. The number of amides is 1. The number of fused-ring (bicyclic) bond motifs is 1. The molecule has 3 saturated heterocycles. The monoisotopic (exact) mass is 316 g/mol. The molecule has 1 aromatic heterocycles. The van der Waals surface area contributed by atoms with Gasteiger partial charge in [0.15, 0.2) is 0 Å². The normalized spacial score (nSPS) is 30.5. The van der Waals surface area contributed by atoms with Crippen molar-refractivity contribution in [1.82, 2.24) is 14.9 Å². The Morgan fingerprint density at radius 2 is 2.00 bits per heavy atom. The van der Waals surface area contributed by atoms with E-state index in [9.17, 15) is 4.79 Å². The van der Waals surface area contributed by atoms with E-state index in [1.165, 1.54) is 0 Å². The van der Waals surface area contributed by atoms with Crippen LogP contribution in [0.2, 0.25) is 0 Å². The first kappa shape index (κ1) is 14.9. The SMILES string of the molecule is O=C(C[C@H]1OC[C@H]2CN(c3ncccn3)CC[C@H]21)N1CCCC1. The van der Waals surface area contributed by atoms with Crippen LogP contribution in [0.1, 0.15) is 25.7 Å². The van der Waals surface area contributed by atoms with Crippen molar-refractivity contribution < 1.29 is 9.53 Å². The van der Waals surface area contributed by atoms with Gasteiger partial charge in [0.25, 0.3) is 0 Å². The second-order valence-corrected chi connectivity index (χ2v) is 6.87. The van der Waals surface area contributed by atoms with E-state index in [1.807, 2.05) is 11.0 Å². The van der Waals surface area contributed by atoms with Crippen LogP contribution in [0.15, 0.2) is 18.5 Å². The van der Waals surface area contributed by atoms with Crippen molar-refractivity contribution in [2.24, 2.45) is 11.8 Å². The number of hydrogen-bond donors (Lipinski definition) is 0. The first-order valence-corrected chi connectivity index (χ1v) is 8.72. The molecular formula is C17H24N4O2. The Labute approximate surface area is 136 Å². The van der Waals surface area contributed by atoms with Crippen molar-refractivity contribution in [3.8, 4) is 0 Å². The minimum absolute atomic E-state index is 0.104. The lowest BCUT2D eigenvalue weighted by molar-refractivity contribution is -0.132. The summed E-state index contributed by atoms with van der Waals surface area (Å²) < 4.78 is 6.00. The van der Waals surface area contributed by atoms with E-state index < -0.39 is 0 Å². The Morgan fingerprint density at radius 3 is 2.78 bits per heavy atom. The van der Waals surface area contributed by atoms with Crippen molar-refractivity contribution in [1.29, 1.82) is 0 Å². The summed E-state index contributed by atoms with van der Waals surface area (Å²) >= 11 is 0. The summed E-state index contributed by atoms with van der Waals surface area (Å²) in [5.41, 5.74) is 0. The fraction of sp³-hybridized carbons (Fsp3) is 0.706. The second kappa shape index (κ2) is 6.43. The maximum atomic E-state index is 12.4. The zero-order chi connectivity index (χ0) is 15.6. The van der Waals surface area contributed by atoms with Crippen molar-refractivity contribution >= 4 is 11.9 Å². The number of carbonyl (C=O) groups excluding carboxylic acids is 1. The van der Waals surface area contributed by atoms with E-state index in [0.717, 1.165) is 58.0 Å². The molecule has 0 spiro atoms. The van der Waals surface area contributed by atoms with Gasteiger partial charge in [-0.3, -0.25) is 4.79 Å². The van der Waals surface area contributed by atoms with Crippen LogP contribution < -0.4 is 4.90 Å². The number of hydrogen-bond acceptors (Lipinski definition) is 5. The first-order chi connectivity index (χ1) is 11.3. The Bertz CT molecular complexity index is 547. The number of likely N-dealkylation sites (tertiary alicyclic amines) is 1. The number of carbonyl (C=O) groups is 1. The molecule has 0 bridgehead atoms. The van der Waals surface area contributed by atoms with Crippen LogP contribution in [0, 0.1) is 11.8 Å². The maximum Gasteiger partial charge on any atom is 0.225 e. The lowest BCUT2D eigenvalue weighted by atomic mass is 9.83. The molecule has 1 amide bonds. The molecule has 23 heavy (non-hydrogen) atoms. The van der Waals surface area contributed by atoms with E-state index >= 15 is 0 Å². The Hall–Kier alpha value is -1.69. The molecule has 3 atom stereocenters. The predicted molar refractivity (Wildman–Crippen MR) is 86.0 cm³/mol. The van der Waals surface area contributed by atoms with E-state index in [1.54, 1.807) is 12.4 Å². The highest BCUT2D eigenvalue weighted by Gasteiger charge is 2.42. The number of rotatable bonds is 3. The van der Waals surface area contributed by atoms with Crippen LogP contribution in [-0.2, 0) is 9.53 Å². The largest absolute Gasteiger partial charge is 0.377 e. The molecule has 0 aromatic carbocycles. The van der Waals surface area contributed by atoms with Gasteiger partial charge >= 0.3 is 0 Å². The quantitative estimate of drug-likeness (QED) is 0.842. The molecule has 6 nitrogen and oxygen atoms in total. The Balaban J connectivity index is 1.35. The molecule has 4 rings (SSSR count). The molecule has 0 saturated carbocycles. The lowest BCUT2D eigenvalue weighted by Crippen LogP contribution is -2.43. The lowest BCUT2D eigenvalue weighted by Gasteiger charge is -2.35. The van der Waals surface area contributed by atoms with Crippen LogP contribution in [0.3, 0.4) is 0 Å². The zero-order valence-electron chi connectivity index (χ0n) is 13.4. The van der Waals surface area contributed by atoms with Gasteiger partial charge in [0.1, 0.15) is 0 Å². The molecule has 0 radical (unpaired) electrons. The summed E-state index contributed by atoms with van der Waals surface area (Å²) in [5, 5.41) is 0. The first-order valence-electron chi connectivity index (χ1n) is 8.72. The van der Waals surface area contributed by atoms with E-state index in [-0.39, 0.29) is 12.0 Å². The van der Waals surface area contributed by atoms with Gasteiger partial charge in [-0.1, -0.05) is 0 Å². The van der Waals surface area contributed by atoms with Crippen molar-refractivity contribution in [3.63, 3.8) is 0 Å². The van der Waals surface area contributed by atoms with Gasteiger partial charge in [-0.15, -0.1) is 0 Å². The summed E-state index contributed by atoms with van der Waals surface area (Å²) in [6, 6.07) is 1.84. The molecule has 0 aliphatic carbocycles. The minimum atomic E-state index is 0.104. The average molecular weight is 316 g/mol. The number of anilines is 1. The number of ether oxygens (including phenoxy) is 1. The van der Waals surface area contributed by atoms with Crippen molar-refractivity contribution in [3.05, 3.63) is 18.5 Å². The molecule has 6 heteroatoms. The molecule has 0 unspecified atom stereocenters. The van der Waals surface area contributed by atoms with Gasteiger partial charge in [0.2, 0.25) is 11.9 Å². The van der Waals surface area contributed by atoms with Crippen molar-refractivity contribution in [2.45, 2.75) is 31.8 Å². The second-order valence-electron chi connectivity index (χ2n) is 6.87. The van der Waals surface area contributed by atoms with Gasteiger partial charge in [0, 0.05) is 44.5 Å². The predicted octanol–water partition coefficient (Wildman–Crippen LogP) is 1.33. The number of nitrogens with zero attached hydrogens (tertiary/aromatic N) is 4. The van der Waals surface area contributed by atoms with Gasteiger partial charge < -0.3 is 14.5 Å². The van der Waals surface area contributed by atoms with Gasteiger partial charge in [-0.2, -0.15) is 0 Å². The maximum absolute atomic E-state index is 12.4. The van der Waals surface area contributed by atoms with Crippen LogP contribution in [-0.4, -0.2) is 59.7 Å². The minimum Gasteiger partial charge on any atom is -0.377 e. The molecule has 1 aromatic rings. The third kappa shape index (κ3) is 3.04. The number of piperidine rings is 1. The Kier molecular flexibility index (Phi) is 4.16. The molecule has 3 aliphatic heterocycles. The average Bonchev–Trinajstić information content (AvgIpc) is 3.25. The summed E-state index contributed by atoms with van der Waals surface area (Å²) in [7, 11) is 0. The van der Waals surface area contributed by atoms with Crippen LogP contribution in [0.5, 0.6) is 0 Å². The summed E-state index contributed by atoms with van der Waals surface area (Å²) in [4.78, 5) is 25.3. The highest BCUT2D eigenvalue weighted by atomic mass is 16.5. The summed E-state index contributed by atoms with van der Waals surface area (Å²) in [6.45, 7) is 4.50. The summed E-state index contributed by atoms with van der Waals surface area (Å²) in [6.07, 6.45) is 7.59. The van der Waals surface area contributed by atoms with Crippen molar-refractivity contribution in [2.75, 3.05) is 37.7 Å². The number of aromatic nitrogens is 2. The third-order valence-corrected chi connectivity index (χ3v) is 5.46. The van der Waals surface area contributed by atoms with E-state index in [2.05, 4.69) is 14.9 Å². The molecule has 4 heterocycles. The molecule has 0 N–H and O–H groups in total. The highest BCUT2D eigenvalue weighted by molar-refractivity contribution is 5.77. The van der Waals surface area contributed by atoms with Crippen LogP contribution in [0.4, 0.5) is 5.95 Å². The third-order valence-electron chi connectivity index (χ3n) is 5.46. The van der Waals surface area contributed by atoms with Gasteiger partial charge in [-0.25, -0.2) is 9.97 Å². The van der Waals surface area contributed by atoms with Gasteiger partial charge in [0.05, 0.1) is 19.1 Å². The van der Waals surface area contributed by atoms with Crippen LogP contribution >= 0.6 is 0 Å². The topological polar surface area (TPSA) is 58.6 Å². The summed E-state index contributed by atoms with van der Waals surface area (Å²) in [5.74, 6) is 2.08. The molecular weight excluding hydrogens is 292 g/mol. The fourth-order valence-electron chi connectivity index (χ4n) is 4.20. The van der Waals surface area contributed by atoms with E-state index in [4.69, 9.17) is 4.74 Å². The smallest absolute Gasteiger partial charge is 0.225 e. The van der Waals surface area contributed by atoms with E-state index in [0.29, 0.717) is 18.3 Å². The molecule has 3 fully saturated rings. The molecule has 124 valence electrons. The zero-order valence-corrected chi connectivity index (χ0v) is 13.4.